The number of hydrogen-bond acceptors (Lipinski definition) is 4. The third-order valence-electron chi connectivity index (χ3n) is 3.36. The minimum absolute atomic E-state index is 0.00241. The molecule has 1 aliphatic rings. The summed E-state index contributed by atoms with van der Waals surface area (Å²) < 4.78 is 10.9. The number of rotatable bonds is 7. The van der Waals surface area contributed by atoms with Crippen molar-refractivity contribution in [2.45, 2.75) is 19.8 Å². The second-order valence-electron chi connectivity index (χ2n) is 5.17. The first-order valence-electron chi connectivity index (χ1n) is 7.60. The van der Waals surface area contributed by atoms with Crippen LogP contribution < -0.4 is 10.1 Å². The van der Waals surface area contributed by atoms with Gasteiger partial charge in [-0.1, -0.05) is 19.4 Å². The van der Waals surface area contributed by atoms with E-state index in [0.29, 0.717) is 26.4 Å². The summed E-state index contributed by atoms with van der Waals surface area (Å²) in [5.41, 5.74) is 0.780. The number of hydrogen-bond donors (Lipinski definition) is 1. The lowest BCUT2D eigenvalue weighted by Gasteiger charge is -2.25. The highest BCUT2D eigenvalue weighted by Gasteiger charge is 2.14. The number of nitrogens with one attached hydrogen (secondary N) is 1. The van der Waals surface area contributed by atoms with Crippen molar-refractivity contribution in [2.24, 2.45) is 0 Å². The number of carbonyl (C=O) groups excluding carboxylic acids is 1. The van der Waals surface area contributed by atoms with Crippen LogP contribution >= 0.6 is 0 Å². The van der Waals surface area contributed by atoms with E-state index in [1.54, 1.807) is 0 Å². The Hall–Kier alpha value is -1.59. The molecule has 1 N–H and O–H groups in total. The Morgan fingerprint density at radius 1 is 1.38 bits per heavy atom. The number of unbranched alkanes of at least 4 members (excludes halogenated alkanes) is 1. The van der Waals surface area contributed by atoms with Gasteiger partial charge in [-0.05, 0) is 18.6 Å². The molecule has 0 aliphatic carbocycles. The van der Waals surface area contributed by atoms with E-state index in [2.05, 4.69) is 17.1 Å². The van der Waals surface area contributed by atoms with Crippen molar-refractivity contribution in [1.82, 2.24) is 4.90 Å². The monoisotopic (exact) mass is 292 g/mol. The molecule has 0 unspecified atom stereocenters. The van der Waals surface area contributed by atoms with Crippen LogP contribution in [0.2, 0.25) is 0 Å². The van der Waals surface area contributed by atoms with Crippen LogP contribution in [0.5, 0.6) is 5.75 Å². The van der Waals surface area contributed by atoms with Crippen molar-refractivity contribution in [3.8, 4) is 5.75 Å². The molecule has 0 atom stereocenters. The van der Waals surface area contributed by atoms with Crippen LogP contribution in [0.25, 0.3) is 0 Å². The van der Waals surface area contributed by atoms with E-state index < -0.39 is 0 Å². The molecule has 1 saturated heterocycles. The SMILES string of the molecule is CCCCOc1cccc(NC(=O)CN2CCOCC2)c1. The van der Waals surface area contributed by atoms with E-state index in [9.17, 15) is 4.79 Å². The first-order chi connectivity index (χ1) is 10.3. The normalized spacial score (nSPS) is 15.7. The molecule has 1 aliphatic heterocycles. The zero-order valence-electron chi connectivity index (χ0n) is 12.6. The van der Waals surface area contributed by atoms with E-state index >= 15 is 0 Å². The van der Waals surface area contributed by atoms with Gasteiger partial charge in [-0.3, -0.25) is 9.69 Å². The van der Waals surface area contributed by atoms with Crippen LogP contribution in [0.4, 0.5) is 5.69 Å². The van der Waals surface area contributed by atoms with E-state index in [4.69, 9.17) is 9.47 Å². The molecule has 2 rings (SSSR count). The number of carbonyl (C=O) groups is 1. The molecule has 0 bridgehead atoms. The molecular weight excluding hydrogens is 268 g/mol. The lowest BCUT2D eigenvalue weighted by Crippen LogP contribution is -2.41. The molecule has 21 heavy (non-hydrogen) atoms. The quantitative estimate of drug-likeness (QED) is 0.782. The smallest absolute Gasteiger partial charge is 0.238 e. The van der Waals surface area contributed by atoms with Gasteiger partial charge in [0.1, 0.15) is 5.75 Å². The molecule has 0 radical (unpaired) electrons. The van der Waals surface area contributed by atoms with Gasteiger partial charge in [-0.2, -0.15) is 0 Å². The molecule has 1 aromatic carbocycles. The van der Waals surface area contributed by atoms with Crippen molar-refractivity contribution >= 4 is 11.6 Å². The highest BCUT2D eigenvalue weighted by atomic mass is 16.5. The summed E-state index contributed by atoms with van der Waals surface area (Å²) in [7, 11) is 0. The second kappa shape index (κ2) is 8.64. The van der Waals surface area contributed by atoms with Gasteiger partial charge < -0.3 is 14.8 Å². The van der Waals surface area contributed by atoms with Crippen molar-refractivity contribution in [1.29, 1.82) is 0 Å². The average Bonchev–Trinajstić information content (AvgIpc) is 2.49. The van der Waals surface area contributed by atoms with Gasteiger partial charge in [-0.15, -0.1) is 0 Å². The van der Waals surface area contributed by atoms with Crippen LogP contribution in [0.15, 0.2) is 24.3 Å². The molecule has 1 fully saturated rings. The number of ether oxygens (including phenoxy) is 2. The fraction of sp³-hybridized carbons (Fsp3) is 0.562. The minimum Gasteiger partial charge on any atom is -0.494 e. The Kier molecular flexibility index (Phi) is 6.50. The van der Waals surface area contributed by atoms with Crippen LogP contribution in [-0.2, 0) is 9.53 Å². The zero-order chi connectivity index (χ0) is 14.9. The predicted molar refractivity (Wildman–Crippen MR) is 82.7 cm³/mol. The van der Waals surface area contributed by atoms with Crippen LogP contribution in [0.1, 0.15) is 19.8 Å². The van der Waals surface area contributed by atoms with Crippen molar-refractivity contribution in [3.05, 3.63) is 24.3 Å². The zero-order valence-corrected chi connectivity index (χ0v) is 12.6. The molecule has 1 heterocycles. The molecular formula is C16H24N2O3. The van der Waals surface area contributed by atoms with E-state index in [0.717, 1.165) is 37.4 Å². The van der Waals surface area contributed by atoms with E-state index in [1.807, 2.05) is 24.3 Å². The number of morpholine rings is 1. The number of anilines is 1. The molecule has 5 heteroatoms. The van der Waals surface area contributed by atoms with E-state index in [1.165, 1.54) is 0 Å². The topological polar surface area (TPSA) is 50.8 Å². The van der Waals surface area contributed by atoms with Gasteiger partial charge in [0.15, 0.2) is 0 Å². The summed E-state index contributed by atoms with van der Waals surface area (Å²) >= 11 is 0. The lowest BCUT2D eigenvalue weighted by molar-refractivity contribution is -0.118. The Morgan fingerprint density at radius 2 is 2.19 bits per heavy atom. The standard InChI is InChI=1S/C16H24N2O3/c1-2-3-9-21-15-6-4-5-14(12-15)17-16(19)13-18-7-10-20-11-8-18/h4-6,12H,2-3,7-11,13H2,1H3,(H,17,19). The Balaban J connectivity index is 1.80. The summed E-state index contributed by atoms with van der Waals surface area (Å²) in [5.74, 6) is 0.801. The molecule has 1 aromatic rings. The van der Waals surface area contributed by atoms with Gasteiger partial charge >= 0.3 is 0 Å². The summed E-state index contributed by atoms with van der Waals surface area (Å²) in [6.45, 7) is 6.28. The van der Waals surface area contributed by atoms with E-state index in [-0.39, 0.29) is 5.91 Å². The molecule has 0 spiro atoms. The minimum atomic E-state index is 0.00241. The van der Waals surface area contributed by atoms with Gasteiger partial charge in [0, 0.05) is 24.8 Å². The van der Waals surface area contributed by atoms with Crippen LogP contribution in [0.3, 0.4) is 0 Å². The summed E-state index contributed by atoms with van der Waals surface area (Å²) in [6, 6.07) is 7.55. The van der Waals surface area contributed by atoms with Gasteiger partial charge in [0.2, 0.25) is 5.91 Å². The third-order valence-corrected chi connectivity index (χ3v) is 3.36. The third kappa shape index (κ3) is 5.73. The van der Waals surface area contributed by atoms with Crippen LogP contribution in [0, 0.1) is 0 Å². The highest BCUT2D eigenvalue weighted by Crippen LogP contribution is 2.17. The predicted octanol–water partition coefficient (Wildman–Crippen LogP) is 2.14. The number of nitrogens with zero attached hydrogens (tertiary/aromatic N) is 1. The Bertz CT molecular complexity index is 445. The van der Waals surface area contributed by atoms with Gasteiger partial charge in [-0.25, -0.2) is 0 Å². The largest absolute Gasteiger partial charge is 0.494 e. The fourth-order valence-electron chi connectivity index (χ4n) is 2.16. The molecule has 5 nitrogen and oxygen atoms in total. The van der Waals surface area contributed by atoms with Crippen molar-refractivity contribution < 1.29 is 14.3 Å². The highest BCUT2D eigenvalue weighted by molar-refractivity contribution is 5.92. The van der Waals surface area contributed by atoms with Crippen molar-refractivity contribution in [3.63, 3.8) is 0 Å². The maximum Gasteiger partial charge on any atom is 0.238 e. The maximum atomic E-state index is 12.0. The van der Waals surface area contributed by atoms with Crippen LogP contribution in [-0.4, -0.2) is 50.3 Å². The second-order valence-corrected chi connectivity index (χ2v) is 5.17. The number of benzene rings is 1. The Labute approximate surface area is 126 Å². The molecule has 1 amide bonds. The van der Waals surface area contributed by atoms with Crippen molar-refractivity contribution in [2.75, 3.05) is 44.8 Å². The number of amides is 1. The summed E-state index contributed by atoms with van der Waals surface area (Å²) in [6.07, 6.45) is 2.14. The first-order valence-corrected chi connectivity index (χ1v) is 7.60. The molecule has 0 saturated carbocycles. The summed E-state index contributed by atoms with van der Waals surface area (Å²) in [4.78, 5) is 14.1. The average molecular weight is 292 g/mol. The lowest BCUT2D eigenvalue weighted by atomic mass is 10.3. The molecule has 116 valence electrons. The Morgan fingerprint density at radius 3 is 2.95 bits per heavy atom. The summed E-state index contributed by atoms with van der Waals surface area (Å²) in [5, 5.41) is 2.92. The van der Waals surface area contributed by atoms with Gasteiger partial charge in [0.05, 0.1) is 26.4 Å². The van der Waals surface area contributed by atoms with Gasteiger partial charge in [0.25, 0.3) is 0 Å². The first kappa shape index (κ1) is 15.8. The fourth-order valence-corrected chi connectivity index (χ4v) is 2.16. The maximum absolute atomic E-state index is 12.0. The molecule has 0 aromatic heterocycles.